The predicted octanol–water partition coefficient (Wildman–Crippen LogP) is 2.52. The second kappa shape index (κ2) is 10.3. The highest BCUT2D eigenvalue weighted by Gasteiger charge is 2.11. The predicted molar refractivity (Wildman–Crippen MR) is 90.9 cm³/mol. The van der Waals surface area contributed by atoms with Gasteiger partial charge in [0.1, 0.15) is 11.5 Å². The molecule has 0 aromatic heterocycles. The first kappa shape index (κ1) is 20.5. The Balaban J connectivity index is 0.00000441. The van der Waals surface area contributed by atoms with E-state index in [1.165, 1.54) is 0 Å². The third kappa shape index (κ3) is 9.47. The molecule has 0 aliphatic rings. The summed E-state index contributed by atoms with van der Waals surface area (Å²) in [5.74, 6) is 1.61. The zero-order chi connectivity index (χ0) is 15.7. The largest absolute Gasteiger partial charge is 0.494 e. The van der Waals surface area contributed by atoms with Gasteiger partial charge in [-0.15, -0.1) is 12.4 Å². The van der Waals surface area contributed by atoms with Gasteiger partial charge in [-0.05, 0) is 51.5 Å². The van der Waals surface area contributed by atoms with Crippen LogP contribution < -0.4 is 20.5 Å². The smallest absolute Gasteiger partial charge is 0.220 e. The van der Waals surface area contributed by atoms with E-state index >= 15 is 0 Å². The lowest BCUT2D eigenvalue weighted by atomic mass is 10.1. The fourth-order valence-electron chi connectivity index (χ4n) is 1.64. The average molecular weight is 331 g/mol. The molecule has 0 atom stereocenters. The third-order valence-corrected chi connectivity index (χ3v) is 2.69. The summed E-state index contributed by atoms with van der Waals surface area (Å²) < 4.78 is 10.9. The van der Waals surface area contributed by atoms with E-state index in [2.05, 4.69) is 5.32 Å². The molecule has 0 unspecified atom stereocenters. The van der Waals surface area contributed by atoms with Crippen molar-refractivity contribution in [2.24, 2.45) is 5.73 Å². The van der Waals surface area contributed by atoms with Crippen molar-refractivity contribution in [1.29, 1.82) is 0 Å². The zero-order valence-electron chi connectivity index (χ0n) is 13.6. The molecule has 0 saturated carbocycles. The monoisotopic (exact) mass is 330 g/mol. The van der Waals surface area contributed by atoms with Crippen LogP contribution in [-0.2, 0) is 4.79 Å². The van der Waals surface area contributed by atoms with Crippen LogP contribution in [0.25, 0.3) is 0 Å². The molecule has 1 amide bonds. The lowest BCUT2D eigenvalue weighted by molar-refractivity contribution is -0.121. The Morgan fingerprint density at radius 2 is 1.73 bits per heavy atom. The Bertz CT molecular complexity index is 430. The molecule has 22 heavy (non-hydrogen) atoms. The Kier molecular flexibility index (Phi) is 9.61. The van der Waals surface area contributed by atoms with Gasteiger partial charge >= 0.3 is 0 Å². The Morgan fingerprint density at radius 1 is 1.18 bits per heavy atom. The van der Waals surface area contributed by atoms with E-state index in [0.29, 0.717) is 32.6 Å². The molecule has 126 valence electrons. The van der Waals surface area contributed by atoms with Crippen molar-refractivity contribution in [3.05, 3.63) is 24.3 Å². The van der Waals surface area contributed by atoms with Crippen molar-refractivity contribution >= 4 is 18.3 Å². The number of carbonyl (C=O) groups is 1. The van der Waals surface area contributed by atoms with Crippen LogP contribution in [0.4, 0.5) is 0 Å². The summed E-state index contributed by atoms with van der Waals surface area (Å²) in [6.07, 6.45) is 1.11. The van der Waals surface area contributed by atoms with Gasteiger partial charge in [0.25, 0.3) is 0 Å². The van der Waals surface area contributed by atoms with E-state index < -0.39 is 0 Å². The van der Waals surface area contributed by atoms with Gasteiger partial charge in [0.15, 0.2) is 0 Å². The van der Waals surface area contributed by atoms with Gasteiger partial charge in [-0.25, -0.2) is 0 Å². The fourth-order valence-corrected chi connectivity index (χ4v) is 1.64. The number of halogens is 1. The van der Waals surface area contributed by atoms with Crippen LogP contribution in [0, 0.1) is 0 Å². The molecule has 6 heteroatoms. The topological polar surface area (TPSA) is 73.6 Å². The number of rotatable bonds is 9. The second-order valence-corrected chi connectivity index (χ2v) is 5.62. The summed E-state index contributed by atoms with van der Waals surface area (Å²) in [6.45, 7) is 7.33. The number of benzene rings is 1. The maximum Gasteiger partial charge on any atom is 0.220 e. The molecule has 1 rings (SSSR count). The number of amides is 1. The highest BCUT2D eigenvalue weighted by molar-refractivity contribution is 5.85. The molecular weight excluding hydrogens is 304 g/mol. The molecule has 0 bridgehead atoms. The molecule has 1 aromatic carbocycles. The van der Waals surface area contributed by atoms with Crippen molar-refractivity contribution in [2.75, 3.05) is 19.8 Å². The van der Waals surface area contributed by atoms with Crippen LogP contribution in [0.3, 0.4) is 0 Å². The molecule has 0 aliphatic heterocycles. The quantitative estimate of drug-likeness (QED) is 0.682. The maximum absolute atomic E-state index is 11.6. The molecule has 3 N–H and O–H groups in total. The second-order valence-electron chi connectivity index (χ2n) is 5.62. The minimum absolute atomic E-state index is 0. The molecule has 0 aliphatic carbocycles. The fraction of sp³-hybridized carbons (Fsp3) is 0.562. The Morgan fingerprint density at radius 3 is 2.23 bits per heavy atom. The summed E-state index contributed by atoms with van der Waals surface area (Å²) >= 11 is 0. The van der Waals surface area contributed by atoms with Crippen molar-refractivity contribution < 1.29 is 14.3 Å². The molecule has 0 saturated heterocycles. The van der Waals surface area contributed by atoms with Gasteiger partial charge in [0, 0.05) is 18.5 Å². The number of nitrogens with two attached hydrogens (primary N) is 1. The van der Waals surface area contributed by atoms with Crippen LogP contribution in [0.2, 0.25) is 0 Å². The molecule has 0 spiro atoms. The lowest BCUT2D eigenvalue weighted by Crippen LogP contribution is -2.45. The number of hydrogen-bond acceptors (Lipinski definition) is 4. The van der Waals surface area contributed by atoms with Crippen molar-refractivity contribution in [3.8, 4) is 11.5 Å². The van der Waals surface area contributed by atoms with E-state index in [4.69, 9.17) is 15.2 Å². The van der Waals surface area contributed by atoms with Gasteiger partial charge in [0.05, 0.1) is 13.2 Å². The Hall–Kier alpha value is -1.46. The van der Waals surface area contributed by atoms with E-state index in [-0.39, 0.29) is 23.9 Å². The van der Waals surface area contributed by atoms with Crippen LogP contribution in [0.1, 0.15) is 33.6 Å². The summed E-state index contributed by atoms with van der Waals surface area (Å²) in [5, 5.41) is 2.81. The minimum Gasteiger partial charge on any atom is -0.494 e. The highest BCUT2D eigenvalue weighted by Crippen LogP contribution is 2.17. The summed E-state index contributed by atoms with van der Waals surface area (Å²) in [5.41, 5.74) is 5.42. The molecular formula is C16H27ClN2O3. The lowest BCUT2D eigenvalue weighted by Gasteiger charge is -2.18. The Labute approximate surface area is 139 Å². The molecule has 0 fully saturated rings. The number of carbonyl (C=O) groups excluding carboxylic acids is 1. The standard InChI is InChI=1S/C16H26N2O3.ClH/c1-4-20-13-7-9-14(10-8-13)21-11-5-6-15(19)18-12-16(2,3)17;/h7-10H,4-6,11-12,17H2,1-3H3,(H,18,19);1H. The van der Waals surface area contributed by atoms with E-state index in [1.54, 1.807) is 0 Å². The van der Waals surface area contributed by atoms with Crippen molar-refractivity contribution in [3.63, 3.8) is 0 Å². The normalized spacial score (nSPS) is 10.5. The van der Waals surface area contributed by atoms with Gasteiger partial charge < -0.3 is 20.5 Å². The van der Waals surface area contributed by atoms with Gasteiger partial charge in [-0.1, -0.05) is 0 Å². The van der Waals surface area contributed by atoms with Crippen LogP contribution in [0.15, 0.2) is 24.3 Å². The van der Waals surface area contributed by atoms with Crippen LogP contribution in [-0.4, -0.2) is 31.2 Å². The maximum atomic E-state index is 11.6. The van der Waals surface area contributed by atoms with Gasteiger partial charge in [-0.2, -0.15) is 0 Å². The summed E-state index contributed by atoms with van der Waals surface area (Å²) in [4.78, 5) is 11.6. The summed E-state index contributed by atoms with van der Waals surface area (Å²) in [6, 6.07) is 7.47. The first-order chi connectivity index (χ1) is 9.90. The number of nitrogens with one attached hydrogen (secondary N) is 1. The SMILES string of the molecule is CCOc1ccc(OCCCC(=O)NCC(C)(C)N)cc1.Cl. The van der Waals surface area contributed by atoms with E-state index in [9.17, 15) is 4.79 Å². The molecule has 1 aromatic rings. The highest BCUT2D eigenvalue weighted by atomic mass is 35.5. The first-order valence-electron chi connectivity index (χ1n) is 7.32. The van der Waals surface area contributed by atoms with Gasteiger partial charge in [-0.3, -0.25) is 4.79 Å². The number of hydrogen-bond donors (Lipinski definition) is 2. The summed E-state index contributed by atoms with van der Waals surface area (Å²) in [7, 11) is 0. The van der Waals surface area contributed by atoms with Crippen LogP contribution >= 0.6 is 12.4 Å². The zero-order valence-corrected chi connectivity index (χ0v) is 14.4. The number of ether oxygens (including phenoxy) is 2. The minimum atomic E-state index is -0.380. The van der Waals surface area contributed by atoms with Crippen molar-refractivity contribution in [2.45, 2.75) is 39.2 Å². The van der Waals surface area contributed by atoms with Gasteiger partial charge in [0.2, 0.25) is 5.91 Å². The molecule has 0 radical (unpaired) electrons. The molecule has 5 nitrogen and oxygen atoms in total. The molecule has 0 heterocycles. The third-order valence-electron chi connectivity index (χ3n) is 2.69. The first-order valence-corrected chi connectivity index (χ1v) is 7.32. The van der Waals surface area contributed by atoms with Crippen LogP contribution in [0.5, 0.6) is 11.5 Å². The average Bonchev–Trinajstić information content (AvgIpc) is 2.43. The van der Waals surface area contributed by atoms with E-state index in [0.717, 1.165) is 11.5 Å². The van der Waals surface area contributed by atoms with Crippen molar-refractivity contribution in [1.82, 2.24) is 5.32 Å². The van der Waals surface area contributed by atoms with E-state index in [1.807, 2.05) is 45.0 Å².